The maximum atomic E-state index is 12.0. The zero-order valence-electron chi connectivity index (χ0n) is 11.9. The van der Waals surface area contributed by atoms with Gasteiger partial charge < -0.3 is 15.0 Å². The van der Waals surface area contributed by atoms with Gasteiger partial charge in [0, 0.05) is 24.4 Å². The molecule has 1 amide bonds. The number of ether oxygens (including phenoxy) is 1. The van der Waals surface area contributed by atoms with E-state index in [2.05, 4.69) is 15.3 Å². The van der Waals surface area contributed by atoms with E-state index in [4.69, 9.17) is 4.74 Å². The molecule has 0 aliphatic carbocycles. The summed E-state index contributed by atoms with van der Waals surface area (Å²) in [6.07, 6.45) is 1.64. The summed E-state index contributed by atoms with van der Waals surface area (Å²) in [4.78, 5) is 29.8. The van der Waals surface area contributed by atoms with Crippen molar-refractivity contribution in [2.75, 3.05) is 0 Å². The number of carbonyl (C=O) groups excluding carboxylic acids is 1. The first-order valence-corrected chi connectivity index (χ1v) is 6.64. The van der Waals surface area contributed by atoms with Crippen molar-refractivity contribution in [3.05, 3.63) is 58.1 Å². The Morgan fingerprint density at radius 2 is 2.14 bits per heavy atom. The van der Waals surface area contributed by atoms with Gasteiger partial charge in [0.15, 0.2) is 0 Å². The van der Waals surface area contributed by atoms with E-state index < -0.39 is 0 Å². The first-order chi connectivity index (χ1) is 10.1. The smallest absolute Gasteiger partial charge is 0.268 e. The number of H-pyrrole nitrogens is 1. The summed E-state index contributed by atoms with van der Waals surface area (Å²) in [5, 5.41) is 2.73. The minimum Gasteiger partial charge on any atom is -0.475 e. The standard InChI is InChI=1S/C15H17N3O3/c1-10(2)21-15-11(5-4-8-16-15)9-17-14(20)12-6-3-7-13(19)18-12/h3-8,10H,9H2,1-2H3,(H,17,20)(H,18,19). The first kappa shape index (κ1) is 14.8. The molecule has 0 spiro atoms. The van der Waals surface area contributed by atoms with Crippen LogP contribution in [0, 0.1) is 0 Å². The number of carbonyl (C=O) groups is 1. The SMILES string of the molecule is CC(C)Oc1ncccc1CNC(=O)c1cccc(=O)[nH]1. The van der Waals surface area contributed by atoms with Crippen LogP contribution in [0.25, 0.3) is 0 Å². The molecule has 2 aromatic heterocycles. The molecule has 0 saturated carbocycles. The fourth-order valence-electron chi connectivity index (χ4n) is 1.74. The van der Waals surface area contributed by atoms with Crippen LogP contribution in [0.15, 0.2) is 41.3 Å². The minimum atomic E-state index is -0.355. The molecule has 6 heteroatoms. The normalized spacial score (nSPS) is 10.4. The van der Waals surface area contributed by atoms with Crippen LogP contribution in [0.2, 0.25) is 0 Å². The average Bonchev–Trinajstić information content (AvgIpc) is 2.45. The molecule has 0 fully saturated rings. The van der Waals surface area contributed by atoms with Gasteiger partial charge in [0.25, 0.3) is 5.91 Å². The molecule has 0 saturated heterocycles. The van der Waals surface area contributed by atoms with Gasteiger partial charge in [0.05, 0.1) is 6.10 Å². The van der Waals surface area contributed by atoms with Crippen LogP contribution in [-0.4, -0.2) is 22.0 Å². The second-order valence-corrected chi connectivity index (χ2v) is 4.75. The minimum absolute atomic E-state index is 0.000158. The monoisotopic (exact) mass is 287 g/mol. The summed E-state index contributed by atoms with van der Waals surface area (Å²) in [5.74, 6) is 0.140. The highest BCUT2D eigenvalue weighted by Gasteiger charge is 2.10. The molecule has 0 atom stereocenters. The molecule has 0 bridgehead atoms. The number of nitrogens with one attached hydrogen (secondary N) is 2. The maximum Gasteiger partial charge on any atom is 0.268 e. The van der Waals surface area contributed by atoms with E-state index in [1.165, 1.54) is 12.1 Å². The van der Waals surface area contributed by atoms with E-state index in [9.17, 15) is 9.59 Å². The molecular weight excluding hydrogens is 270 g/mol. The van der Waals surface area contributed by atoms with Gasteiger partial charge in [-0.1, -0.05) is 12.1 Å². The van der Waals surface area contributed by atoms with Gasteiger partial charge in [-0.3, -0.25) is 9.59 Å². The maximum absolute atomic E-state index is 12.0. The van der Waals surface area contributed by atoms with E-state index in [1.54, 1.807) is 18.3 Å². The molecule has 21 heavy (non-hydrogen) atoms. The number of pyridine rings is 2. The Hall–Kier alpha value is -2.63. The Morgan fingerprint density at radius 3 is 2.86 bits per heavy atom. The van der Waals surface area contributed by atoms with Crippen molar-refractivity contribution in [3.8, 4) is 5.88 Å². The summed E-state index contributed by atoms with van der Waals surface area (Å²) in [6, 6.07) is 8.04. The Morgan fingerprint density at radius 1 is 1.33 bits per heavy atom. The van der Waals surface area contributed by atoms with E-state index >= 15 is 0 Å². The van der Waals surface area contributed by atoms with Crippen LogP contribution in [0.3, 0.4) is 0 Å². The molecule has 2 rings (SSSR count). The van der Waals surface area contributed by atoms with Crippen LogP contribution in [-0.2, 0) is 6.54 Å². The molecule has 110 valence electrons. The highest BCUT2D eigenvalue weighted by atomic mass is 16.5. The molecule has 0 aliphatic heterocycles. The Balaban J connectivity index is 2.06. The summed E-state index contributed by atoms with van der Waals surface area (Å²) >= 11 is 0. The van der Waals surface area contributed by atoms with E-state index in [1.807, 2.05) is 19.9 Å². The Labute approximate surface area is 122 Å². The second-order valence-electron chi connectivity index (χ2n) is 4.75. The van der Waals surface area contributed by atoms with Gasteiger partial charge in [0.1, 0.15) is 5.69 Å². The Bertz CT molecular complexity index is 680. The third-order valence-electron chi connectivity index (χ3n) is 2.65. The van der Waals surface area contributed by atoms with E-state index in [0.29, 0.717) is 5.88 Å². The van der Waals surface area contributed by atoms with Gasteiger partial charge in [-0.15, -0.1) is 0 Å². The van der Waals surface area contributed by atoms with Crippen molar-refractivity contribution in [2.45, 2.75) is 26.5 Å². The zero-order chi connectivity index (χ0) is 15.2. The predicted octanol–water partition coefficient (Wildman–Crippen LogP) is 1.49. The topological polar surface area (TPSA) is 84.1 Å². The average molecular weight is 287 g/mol. The van der Waals surface area contributed by atoms with Crippen molar-refractivity contribution in [2.24, 2.45) is 0 Å². The molecule has 0 radical (unpaired) electrons. The van der Waals surface area contributed by atoms with Crippen LogP contribution in [0.1, 0.15) is 29.9 Å². The number of amides is 1. The van der Waals surface area contributed by atoms with Gasteiger partial charge >= 0.3 is 0 Å². The molecule has 0 unspecified atom stereocenters. The third kappa shape index (κ3) is 4.17. The van der Waals surface area contributed by atoms with Gasteiger partial charge in [-0.2, -0.15) is 0 Å². The Kier molecular flexibility index (Phi) is 4.71. The lowest BCUT2D eigenvalue weighted by atomic mass is 10.2. The number of nitrogens with zero attached hydrogens (tertiary/aromatic N) is 1. The lowest BCUT2D eigenvalue weighted by Crippen LogP contribution is -2.26. The summed E-state index contributed by atoms with van der Waals surface area (Å²) in [7, 11) is 0. The van der Waals surface area contributed by atoms with Crippen LogP contribution < -0.4 is 15.6 Å². The van der Waals surface area contributed by atoms with Crippen LogP contribution >= 0.6 is 0 Å². The van der Waals surface area contributed by atoms with Crippen molar-refractivity contribution < 1.29 is 9.53 Å². The van der Waals surface area contributed by atoms with E-state index in [0.717, 1.165) is 5.56 Å². The number of rotatable bonds is 5. The molecule has 6 nitrogen and oxygen atoms in total. The fraction of sp³-hybridized carbons (Fsp3) is 0.267. The lowest BCUT2D eigenvalue weighted by Gasteiger charge is -2.13. The van der Waals surface area contributed by atoms with Crippen LogP contribution in [0.5, 0.6) is 5.88 Å². The molecular formula is C15H17N3O3. The fourth-order valence-corrected chi connectivity index (χ4v) is 1.74. The highest BCUT2D eigenvalue weighted by molar-refractivity contribution is 5.92. The molecule has 0 aromatic carbocycles. The van der Waals surface area contributed by atoms with Gasteiger partial charge in [-0.05, 0) is 26.0 Å². The third-order valence-corrected chi connectivity index (χ3v) is 2.65. The number of hydrogen-bond acceptors (Lipinski definition) is 4. The molecule has 2 heterocycles. The lowest BCUT2D eigenvalue weighted by molar-refractivity contribution is 0.0945. The predicted molar refractivity (Wildman–Crippen MR) is 78.2 cm³/mol. The second kappa shape index (κ2) is 6.69. The van der Waals surface area contributed by atoms with Crippen molar-refractivity contribution in [1.29, 1.82) is 0 Å². The van der Waals surface area contributed by atoms with Gasteiger partial charge in [0.2, 0.25) is 11.4 Å². The van der Waals surface area contributed by atoms with Crippen molar-refractivity contribution in [1.82, 2.24) is 15.3 Å². The quantitative estimate of drug-likeness (QED) is 0.872. The number of aromatic amines is 1. The largest absolute Gasteiger partial charge is 0.475 e. The van der Waals surface area contributed by atoms with Crippen molar-refractivity contribution >= 4 is 5.91 Å². The first-order valence-electron chi connectivity index (χ1n) is 6.64. The zero-order valence-corrected chi connectivity index (χ0v) is 11.9. The van der Waals surface area contributed by atoms with Crippen LogP contribution in [0.4, 0.5) is 0 Å². The molecule has 0 aliphatic rings. The number of hydrogen-bond donors (Lipinski definition) is 2. The van der Waals surface area contributed by atoms with Crippen molar-refractivity contribution in [3.63, 3.8) is 0 Å². The summed E-state index contributed by atoms with van der Waals surface area (Å²) in [6.45, 7) is 4.09. The van der Waals surface area contributed by atoms with E-state index in [-0.39, 0.29) is 29.8 Å². The van der Waals surface area contributed by atoms with Gasteiger partial charge in [-0.25, -0.2) is 4.98 Å². The molecule has 2 aromatic rings. The summed E-state index contributed by atoms with van der Waals surface area (Å²) in [5.41, 5.74) is 0.684. The molecule has 2 N–H and O–H groups in total. The number of aromatic nitrogens is 2. The summed E-state index contributed by atoms with van der Waals surface area (Å²) < 4.78 is 5.58. The highest BCUT2D eigenvalue weighted by Crippen LogP contribution is 2.15.